The van der Waals surface area contributed by atoms with Crippen LogP contribution in [0.3, 0.4) is 0 Å². The first kappa shape index (κ1) is 19.4. The summed E-state index contributed by atoms with van der Waals surface area (Å²) in [6.07, 6.45) is 5.47. The summed E-state index contributed by atoms with van der Waals surface area (Å²) in [6, 6.07) is 0. The van der Waals surface area contributed by atoms with Crippen LogP contribution in [0.2, 0.25) is 0 Å². The lowest BCUT2D eigenvalue weighted by molar-refractivity contribution is 0.287. The van der Waals surface area contributed by atoms with Gasteiger partial charge in [0.2, 0.25) is 0 Å². The highest BCUT2D eigenvalue weighted by atomic mass is 127. The zero-order valence-electron chi connectivity index (χ0n) is 13.4. The Kier molecular flexibility index (Phi) is 10.1. The highest BCUT2D eigenvalue weighted by molar-refractivity contribution is 14.0. The molecule has 0 aromatic rings. The number of likely N-dealkylation sites (tertiary alicyclic amines) is 1. The summed E-state index contributed by atoms with van der Waals surface area (Å²) < 4.78 is 0. The van der Waals surface area contributed by atoms with Crippen LogP contribution in [0.1, 0.15) is 32.6 Å². The lowest BCUT2D eigenvalue weighted by atomic mass is 10.1. The Labute approximate surface area is 151 Å². The minimum atomic E-state index is 0. The number of nitrogens with zero attached hydrogens (tertiary/aromatic N) is 2. The average Bonchev–Trinajstić information content (AvgIpc) is 3.12. The molecule has 0 aromatic heterocycles. The molecule has 2 atom stereocenters. The summed E-state index contributed by atoms with van der Waals surface area (Å²) in [5.74, 6) is 2.96. The van der Waals surface area contributed by atoms with Crippen LogP contribution in [0, 0.1) is 5.92 Å². The van der Waals surface area contributed by atoms with E-state index in [4.69, 9.17) is 0 Å². The third-order valence-electron chi connectivity index (χ3n) is 4.13. The maximum atomic E-state index is 4.32. The molecule has 2 saturated heterocycles. The molecular weight excluding hydrogens is 395 g/mol. The topological polar surface area (TPSA) is 39.7 Å². The molecule has 0 aromatic carbocycles. The van der Waals surface area contributed by atoms with Crippen molar-refractivity contribution in [1.82, 2.24) is 15.5 Å². The van der Waals surface area contributed by atoms with Gasteiger partial charge in [0, 0.05) is 31.9 Å². The first-order valence-electron chi connectivity index (χ1n) is 8.06. The van der Waals surface area contributed by atoms with E-state index in [-0.39, 0.29) is 24.0 Å². The smallest absolute Gasteiger partial charge is 0.191 e. The fraction of sp³-hybridized carbons (Fsp3) is 0.933. The Balaban J connectivity index is 0.00000220. The lowest BCUT2D eigenvalue weighted by Gasteiger charge is -2.22. The van der Waals surface area contributed by atoms with Crippen LogP contribution in [0.4, 0.5) is 0 Å². The van der Waals surface area contributed by atoms with Gasteiger partial charge in [0.05, 0.1) is 0 Å². The molecule has 0 bridgehead atoms. The van der Waals surface area contributed by atoms with Crippen LogP contribution in [0.15, 0.2) is 4.99 Å². The van der Waals surface area contributed by atoms with Crippen molar-refractivity contribution in [3.05, 3.63) is 0 Å². The summed E-state index contributed by atoms with van der Waals surface area (Å²) >= 11 is 2.09. The number of halogens is 1. The van der Waals surface area contributed by atoms with Gasteiger partial charge in [-0.2, -0.15) is 11.8 Å². The molecule has 4 nitrogen and oxygen atoms in total. The van der Waals surface area contributed by atoms with Gasteiger partial charge in [0.1, 0.15) is 0 Å². The molecule has 0 aliphatic carbocycles. The molecule has 21 heavy (non-hydrogen) atoms. The quantitative estimate of drug-likeness (QED) is 0.389. The number of nitrogens with one attached hydrogen (secondary N) is 2. The summed E-state index contributed by atoms with van der Waals surface area (Å²) in [5.41, 5.74) is 0. The standard InChI is InChI=1S/C15H30N4S.HI/c1-13(12-19-7-3-4-8-19)10-17-15(16-2)18-11-14-6-5-9-20-14;/h13-14H,3-12H2,1-2H3,(H2,16,17,18);1H. The third-order valence-corrected chi connectivity index (χ3v) is 5.53. The molecule has 124 valence electrons. The van der Waals surface area contributed by atoms with Crippen LogP contribution in [0.25, 0.3) is 0 Å². The molecule has 6 heteroatoms. The molecular formula is C15H31IN4S. The van der Waals surface area contributed by atoms with Gasteiger partial charge in [-0.1, -0.05) is 6.92 Å². The highest BCUT2D eigenvalue weighted by Crippen LogP contribution is 2.25. The first-order chi connectivity index (χ1) is 9.78. The molecule has 2 aliphatic rings. The van der Waals surface area contributed by atoms with Crippen LogP contribution >= 0.6 is 35.7 Å². The Morgan fingerprint density at radius 1 is 1.29 bits per heavy atom. The van der Waals surface area contributed by atoms with Gasteiger partial charge in [-0.05, 0) is 50.4 Å². The Hall–Kier alpha value is 0.310. The van der Waals surface area contributed by atoms with E-state index < -0.39 is 0 Å². The second-order valence-electron chi connectivity index (χ2n) is 6.08. The van der Waals surface area contributed by atoms with E-state index >= 15 is 0 Å². The van der Waals surface area contributed by atoms with Gasteiger partial charge < -0.3 is 15.5 Å². The zero-order valence-corrected chi connectivity index (χ0v) is 16.6. The summed E-state index contributed by atoms with van der Waals surface area (Å²) in [7, 11) is 1.86. The maximum Gasteiger partial charge on any atom is 0.191 e. The normalized spacial score (nSPS) is 24.7. The zero-order chi connectivity index (χ0) is 14.2. The lowest BCUT2D eigenvalue weighted by Crippen LogP contribution is -2.43. The number of hydrogen-bond acceptors (Lipinski definition) is 3. The summed E-state index contributed by atoms with van der Waals surface area (Å²) in [6.45, 7) is 8.17. The Morgan fingerprint density at radius 2 is 2.05 bits per heavy atom. The largest absolute Gasteiger partial charge is 0.356 e. The predicted molar refractivity (Wildman–Crippen MR) is 105 cm³/mol. The average molecular weight is 426 g/mol. The minimum absolute atomic E-state index is 0. The van der Waals surface area contributed by atoms with E-state index in [0.29, 0.717) is 5.92 Å². The van der Waals surface area contributed by atoms with Crippen molar-refractivity contribution in [2.75, 3.05) is 45.5 Å². The molecule has 2 fully saturated rings. The van der Waals surface area contributed by atoms with Crippen LogP contribution < -0.4 is 10.6 Å². The summed E-state index contributed by atoms with van der Waals surface area (Å²) in [5, 5.41) is 7.71. The fourth-order valence-electron chi connectivity index (χ4n) is 2.98. The summed E-state index contributed by atoms with van der Waals surface area (Å²) in [4.78, 5) is 6.91. The number of hydrogen-bond donors (Lipinski definition) is 2. The van der Waals surface area contributed by atoms with Crippen LogP contribution in [-0.2, 0) is 0 Å². The van der Waals surface area contributed by atoms with Gasteiger partial charge >= 0.3 is 0 Å². The van der Waals surface area contributed by atoms with Crippen molar-refractivity contribution < 1.29 is 0 Å². The van der Waals surface area contributed by atoms with Crippen LogP contribution in [0.5, 0.6) is 0 Å². The number of thioether (sulfide) groups is 1. The molecule has 2 unspecified atom stereocenters. The van der Waals surface area contributed by atoms with E-state index in [0.717, 1.165) is 24.3 Å². The van der Waals surface area contributed by atoms with Gasteiger partial charge in [-0.25, -0.2) is 0 Å². The highest BCUT2D eigenvalue weighted by Gasteiger charge is 2.17. The predicted octanol–water partition coefficient (Wildman–Crippen LogP) is 2.40. The maximum absolute atomic E-state index is 4.32. The van der Waals surface area contributed by atoms with Crippen molar-refractivity contribution in [2.24, 2.45) is 10.9 Å². The minimum Gasteiger partial charge on any atom is -0.356 e. The molecule has 0 amide bonds. The SMILES string of the molecule is CN=C(NCC(C)CN1CCCC1)NCC1CCCS1.I. The van der Waals surface area contributed by atoms with Gasteiger partial charge in [0.15, 0.2) is 5.96 Å². The van der Waals surface area contributed by atoms with E-state index in [1.807, 2.05) is 7.05 Å². The van der Waals surface area contributed by atoms with Gasteiger partial charge in [-0.3, -0.25) is 4.99 Å². The van der Waals surface area contributed by atoms with Crippen molar-refractivity contribution in [3.8, 4) is 0 Å². The van der Waals surface area contributed by atoms with Crippen molar-refractivity contribution in [1.29, 1.82) is 0 Å². The molecule has 0 saturated carbocycles. The fourth-order valence-corrected chi connectivity index (χ4v) is 4.18. The van der Waals surface area contributed by atoms with E-state index in [2.05, 4.69) is 39.2 Å². The first-order valence-corrected chi connectivity index (χ1v) is 9.11. The van der Waals surface area contributed by atoms with Gasteiger partial charge in [-0.15, -0.1) is 24.0 Å². The van der Waals surface area contributed by atoms with Crippen molar-refractivity contribution in [2.45, 2.75) is 37.9 Å². The third kappa shape index (κ3) is 7.41. The molecule has 2 heterocycles. The van der Waals surface area contributed by atoms with E-state index in [1.165, 1.54) is 51.1 Å². The van der Waals surface area contributed by atoms with Crippen LogP contribution in [-0.4, -0.2) is 61.6 Å². The molecule has 2 aliphatic heterocycles. The molecule has 0 radical (unpaired) electrons. The Bertz CT molecular complexity index is 302. The van der Waals surface area contributed by atoms with Crippen molar-refractivity contribution in [3.63, 3.8) is 0 Å². The number of guanidine groups is 1. The number of aliphatic imine (C=N–C) groups is 1. The van der Waals surface area contributed by atoms with E-state index in [1.54, 1.807) is 0 Å². The molecule has 2 N–H and O–H groups in total. The Morgan fingerprint density at radius 3 is 2.67 bits per heavy atom. The molecule has 0 spiro atoms. The van der Waals surface area contributed by atoms with Crippen molar-refractivity contribution >= 4 is 41.7 Å². The van der Waals surface area contributed by atoms with E-state index in [9.17, 15) is 0 Å². The van der Waals surface area contributed by atoms with Gasteiger partial charge in [0.25, 0.3) is 0 Å². The second-order valence-corrected chi connectivity index (χ2v) is 7.49. The second kappa shape index (κ2) is 10.9. The molecule has 2 rings (SSSR count). The monoisotopic (exact) mass is 426 g/mol. The number of rotatable bonds is 6.